The van der Waals surface area contributed by atoms with E-state index in [0.717, 1.165) is 28.1 Å². The summed E-state index contributed by atoms with van der Waals surface area (Å²) in [5.41, 5.74) is -0.388. The molecule has 0 radical (unpaired) electrons. The highest BCUT2D eigenvalue weighted by atomic mass is 32.1. The van der Waals surface area contributed by atoms with Crippen LogP contribution in [0.1, 0.15) is 22.3 Å². The number of alkyl halides is 3. The number of nitrogens with zero attached hydrogens (tertiary/aromatic N) is 3. The van der Waals surface area contributed by atoms with Crippen LogP contribution >= 0.6 is 22.7 Å². The van der Waals surface area contributed by atoms with Crippen molar-refractivity contribution in [1.82, 2.24) is 20.3 Å². The molecule has 2 amide bonds. The number of nitrogens with one attached hydrogen (secondary N) is 2. The molecule has 3 aromatic rings. The fourth-order valence-corrected chi connectivity index (χ4v) is 4.03. The van der Waals surface area contributed by atoms with Crippen molar-refractivity contribution in [2.45, 2.75) is 13.1 Å². The first-order chi connectivity index (χ1) is 14.2. The highest BCUT2D eigenvalue weighted by Gasteiger charge is 2.34. The van der Waals surface area contributed by atoms with Crippen molar-refractivity contribution in [2.75, 3.05) is 19.0 Å². The Balaban J connectivity index is 2.07. The Morgan fingerprint density at radius 1 is 1.17 bits per heavy atom. The average Bonchev–Trinajstić information content (AvgIpc) is 3.37. The monoisotopic (exact) mass is 457 g/mol. The van der Waals surface area contributed by atoms with Gasteiger partial charge in [0.15, 0.2) is 5.69 Å². The molecule has 3 aromatic heterocycles. The number of anilines is 1. The molecule has 3 heterocycles. The standard InChI is InChI=1S/C17H14F3N5O3S2/c1-3-21-16(27)25-12-4-8(14-24-11(7-29-14)17(18,19)20)9(5-22-12)13-23-6-10(30-13)15(26)28-2/h4-7H,3H2,1-2H3,(H2,21,22,25,27). The molecule has 0 saturated carbocycles. The van der Waals surface area contributed by atoms with Crippen molar-refractivity contribution in [3.05, 3.63) is 34.4 Å². The molecule has 30 heavy (non-hydrogen) atoms. The van der Waals surface area contributed by atoms with Crippen molar-refractivity contribution in [1.29, 1.82) is 0 Å². The van der Waals surface area contributed by atoms with Crippen LogP contribution in [0.25, 0.3) is 21.1 Å². The van der Waals surface area contributed by atoms with Gasteiger partial charge in [0.2, 0.25) is 0 Å². The van der Waals surface area contributed by atoms with Crippen molar-refractivity contribution in [2.24, 2.45) is 0 Å². The summed E-state index contributed by atoms with van der Waals surface area (Å²) in [7, 11) is 1.23. The van der Waals surface area contributed by atoms with Crippen molar-refractivity contribution < 1.29 is 27.5 Å². The smallest absolute Gasteiger partial charge is 0.434 e. The topological polar surface area (TPSA) is 106 Å². The van der Waals surface area contributed by atoms with Gasteiger partial charge in [0, 0.05) is 29.2 Å². The van der Waals surface area contributed by atoms with Crippen molar-refractivity contribution in [3.8, 4) is 21.1 Å². The number of hydrogen-bond donors (Lipinski definition) is 2. The van der Waals surface area contributed by atoms with Crippen LogP contribution in [0.2, 0.25) is 0 Å². The van der Waals surface area contributed by atoms with Crippen LogP contribution in [0.4, 0.5) is 23.8 Å². The molecule has 13 heteroatoms. The van der Waals surface area contributed by atoms with Crippen LogP contribution in [-0.4, -0.2) is 40.6 Å². The number of thiazole rings is 2. The Bertz CT molecular complexity index is 1080. The van der Waals surface area contributed by atoms with Crippen LogP contribution in [0, 0.1) is 0 Å². The summed E-state index contributed by atoms with van der Waals surface area (Å²) in [5.74, 6) is -0.468. The van der Waals surface area contributed by atoms with Gasteiger partial charge in [-0.3, -0.25) is 5.32 Å². The van der Waals surface area contributed by atoms with Gasteiger partial charge in [-0.25, -0.2) is 24.5 Å². The molecule has 0 fully saturated rings. The highest BCUT2D eigenvalue weighted by Crippen LogP contribution is 2.39. The van der Waals surface area contributed by atoms with Crippen molar-refractivity contribution in [3.63, 3.8) is 0 Å². The van der Waals surface area contributed by atoms with E-state index in [1.54, 1.807) is 6.92 Å². The van der Waals surface area contributed by atoms with E-state index >= 15 is 0 Å². The lowest BCUT2D eigenvalue weighted by Crippen LogP contribution is -2.28. The molecule has 0 aliphatic carbocycles. The number of amides is 2. The maximum atomic E-state index is 13.0. The number of halogens is 3. The number of rotatable bonds is 5. The second-order valence-corrected chi connectivity index (χ2v) is 7.55. The Morgan fingerprint density at radius 2 is 1.93 bits per heavy atom. The lowest BCUT2D eigenvalue weighted by Gasteiger charge is -2.09. The van der Waals surface area contributed by atoms with Gasteiger partial charge in [-0.2, -0.15) is 13.2 Å². The summed E-state index contributed by atoms with van der Waals surface area (Å²) in [6.07, 6.45) is -1.94. The van der Waals surface area contributed by atoms with E-state index in [4.69, 9.17) is 0 Å². The summed E-state index contributed by atoms with van der Waals surface area (Å²) in [4.78, 5) is 35.7. The van der Waals surface area contributed by atoms with E-state index < -0.39 is 23.9 Å². The molecule has 0 bridgehead atoms. The zero-order chi connectivity index (χ0) is 21.9. The fraction of sp³-hybridized carbons (Fsp3) is 0.235. The fourth-order valence-electron chi connectivity index (χ4n) is 2.31. The predicted octanol–water partition coefficient (Wildman–Crippen LogP) is 4.28. The largest absolute Gasteiger partial charge is 0.465 e. The predicted molar refractivity (Wildman–Crippen MR) is 105 cm³/mol. The minimum absolute atomic E-state index is 0.0634. The second-order valence-electron chi connectivity index (χ2n) is 5.66. The number of methoxy groups -OCH3 is 1. The SMILES string of the molecule is CCNC(=O)Nc1cc(-c2nc(C(F)(F)F)cs2)c(-c2ncc(C(=O)OC)s2)cn1. The molecule has 8 nitrogen and oxygen atoms in total. The molecule has 0 spiro atoms. The van der Waals surface area contributed by atoms with E-state index in [1.807, 2.05) is 0 Å². The first-order valence-electron chi connectivity index (χ1n) is 8.35. The van der Waals surface area contributed by atoms with Crippen LogP contribution < -0.4 is 10.6 Å². The normalized spacial score (nSPS) is 11.2. The molecule has 0 atom stereocenters. The quantitative estimate of drug-likeness (QED) is 0.554. The minimum Gasteiger partial charge on any atom is -0.465 e. The lowest BCUT2D eigenvalue weighted by molar-refractivity contribution is -0.140. The molecular formula is C17H14F3N5O3S2. The second kappa shape index (κ2) is 8.75. The van der Waals surface area contributed by atoms with Gasteiger partial charge in [0.05, 0.1) is 13.3 Å². The lowest BCUT2D eigenvalue weighted by atomic mass is 10.1. The maximum absolute atomic E-state index is 13.0. The van der Waals surface area contributed by atoms with Crippen molar-refractivity contribution >= 4 is 40.5 Å². The van der Waals surface area contributed by atoms with E-state index in [-0.39, 0.29) is 21.3 Å². The maximum Gasteiger partial charge on any atom is 0.434 e. The van der Waals surface area contributed by atoms with Gasteiger partial charge in [0.1, 0.15) is 20.7 Å². The third-order valence-electron chi connectivity index (χ3n) is 3.63. The average molecular weight is 457 g/mol. The summed E-state index contributed by atoms with van der Waals surface area (Å²) < 4.78 is 43.7. The van der Waals surface area contributed by atoms with Gasteiger partial charge in [-0.15, -0.1) is 22.7 Å². The number of pyridine rings is 1. The van der Waals surface area contributed by atoms with Crippen LogP contribution in [0.5, 0.6) is 0 Å². The number of aromatic nitrogens is 3. The Hall–Kier alpha value is -3.06. The molecule has 158 valence electrons. The molecule has 0 aliphatic rings. The summed E-state index contributed by atoms with van der Waals surface area (Å²) in [6.45, 7) is 2.12. The molecule has 0 aromatic carbocycles. The van der Waals surface area contributed by atoms with Crippen LogP contribution in [0.15, 0.2) is 23.8 Å². The van der Waals surface area contributed by atoms with E-state index in [9.17, 15) is 22.8 Å². The van der Waals surface area contributed by atoms with Gasteiger partial charge in [-0.05, 0) is 13.0 Å². The van der Waals surface area contributed by atoms with Gasteiger partial charge in [0.25, 0.3) is 0 Å². The number of hydrogen-bond acceptors (Lipinski definition) is 8. The molecular weight excluding hydrogens is 443 g/mol. The Labute approximate surface area is 176 Å². The van der Waals surface area contributed by atoms with Gasteiger partial charge >= 0.3 is 18.2 Å². The number of ether oxygens (including phenoxy) is 1. The molecule has 3 rings (SSSR count). The van der Waals surface area contributed by atoms with Crippen LogP contribution in [-0.2, 0) is 10.9 Å². The molecule has 0 unspecified atom stereocenters. The Morgan fingerprint density at radius 3 is 2.57 bits per heavy atom. The third-order valence-corrected chi connectivity index (χ3v) is 5.52. The van der Waals surface area contributed by atoms with E-state index in [1.165, 1.54) is 25.6 Å². The highest BCUT2D eigenvalue weighted by molar-refractivity contribution is 7.17. The first-order valence-corrected chi connectivity index (χ1v) is 10.0. The minimum atomic E-state index is -4.59. The number of esters is 1. The Kier molecular flexibility index (Phi) is 6.31. The molecule has 0 aliphatic heterocycles. The molecule has 2 N–H and O–H groups in total. The zero-order valence-electron chi connectivity index (χ0n) is 15.5. The molecule has 0 saturated heterocycles. The zero-order valence-corrected chi connectivity index (χ0v) is 17.2. The van der Waals surface area contributed by atoms with Gasteiger partial charge in [-0.1, -0.05) is 0 Å². The number of carbonyl (C=O) groups is 2. The van der Waals surface area contributed by atoms with Gasteiger partial charge < -0.3 is 10.1 Å². The van der Waals surface area contributed by atoms with Crippen LogP contribution in [0.3, 0.4) is 0 Å². The van der Waals surface area contributed by atoms with E-state index in [2.05, 4.69) is 30.3 Å². The third kappa shape index (κ3) is 4.74. The summed E-state index contributed by atoms with van der Waals surface area (Å²) in [5, 5.41) is 6.34. The van der Waals surface area contributed by atoms with E-state index in [0.29, 0.717) is 17.1 Å². The number of carbonyl (C=O) groups excluding carboxylic acids is 2. The number of urea groups is 1. The summed E-state index contributed by atoms with van der Waals surface area (Å²) in [6, 6.07) is 0.893. The first kappa shape index (κ1) is 21.6. The summed E-state index contributed by atoms with van der Waals surface area (Å²) >= 11 is 1.79.